The number of fused-ring (bicyclic) bond motifs is 1. The van der Waals surface area contributed by atoms with E-state index in [1.165, 1.54) is 4.91 Å². The molecular weight excluding hydrogens is 463 g/mol. The van der Waals surface area contributed by atoms with Gasteiger partial charge in [0.1, 0.15) is 0 Å². The van der Waals surface area contributed by atoms with Crippen LogP contribution in [-0.2, 0) is 9.63 Å². The van der Waals surface area contributed by atoms with E-state index >= 15 is 0 Å². The van der Waals surface area contributed by atoms with E-state index in [0.717, 1.165) is 27.4 Å². The number of benzene rings is 1. The number of thioether (sulfide) groups is 1. The molecule has 2 rings (SSSR count). The largest absolute Gasteiger partial charge is 0.274 e. The Morgan fingerprint density at radius 3 is 2.50 bits per heavy atom. The van der Waals surface area contributed by atoms with E-state index in [4.69, 9.17) is 28.2 Å². The van der Waals surface area contributed by atoms with Crippen molar-refractivity contribution in [1.82, 2.24) is 5.48 Å². The number of nitrogens with one attached hydrogen (secondary N) is 1. The molecule has 4 nitrogen and oxygen atoms in total. The van der Waals surface area contributed by atoms with Crippen molar-refractivity contribution >= 4 is 46.6 Å². The van der Waals surface area contributed by atoms with Gasteiger partial charge in [-0.1, -0.05) is 78.8 Å². The molecule has 0 saturated carbocycles. The molecule has 0 spiro atoms. The molecule has 1 unspecified atom stereocenters. The predicted octanol–water partition coefficient (Wildman–Crippen LogP) is 7.53. The minimum Gasteiger partial charge on any atom is -0.274 e. The van der Waals surface area contributed by atoms with Gasteiger partial charge < -0.3 is 0 Å². The molecule has 1 aliphatic rings. The van der Waals surface area contributed by atoms with Crippen LogP contribution in [0.4, 0.5) is 0 Å². The zero-order chi connectivity index (χ0) is 24.3. The molecule has 32 heavy (non-hydrogen) atoms. The standard InChI is InChI=1S/C18H17Cl2NS.C7H13NO2/c1-5-14(16(20)10-11(2)19)18-15-8-6-7-9-17(15)22-13(4)12(3)21-18;1-4-6(3)7(9)8-10-5-2/h5-10H,1H2,2-4H3;4,6H,1,5H2,2-3H3,(H,8,9)/b11-10+,16-14-;. The highest BCUT2D eigenvalue weighted by atomic mass is 35.5. The van der Waals surface area contributed by atoms with Crippen LogP contribution in [0.2, 0.25) is 0 Å². The summed E-state index contributed by atoms with van der Waals surface area (Å²) < 4.78 is 0. The van der Waals surface area contributed by atoms with Crippen molar-refractivity contribution in [3.05, 3.63) is 87.5 Å². The van der Waals surface area contributed by atoms with E-state index in [-0.39, 0.29) is 11.8 Å². The van der Waals surface area contributed by atoms with E-state index in [0.29, 0.717) is 16.7 Å². The zero-order valence-corrected chi connectivity index (χ0v) is 21.5. The minimum atomic E-state index is -0.188. The smallest absolute Gasteiger partial charge is 0.250 e. The van der Waals surface area contributed by atoms with Crippen molar-refractivity contribution in [3.63, 3.8) is 0 Å². The van der Waals surface area contributed by atoms with Gasteiger partial charge >= 0.3 is 0 Å². The lowest BCUT2D eigenvalue weighted by molar-refractivity contribution is -0.135. The molecule has 1 heterocycles. The van der Waals surface area contributed by atoms with Crippen LogP contribution < -0.4 is 5.48 Å². The van der Waals surface area contributed by atoms with Gasteiger partial charge in [-0.25, -0.2) is 5.48 Å². The van der Waals surface area contributed by atoms with Crippen LogP contribution >= 0.6 is 35.0 Å². The van der Waals surface area contributed by atoms with Gasteiger partial charge in [-0.05, 0) is 39.8 Å². The van der Waals surface area contributed by atoms with Gasteiger partial charge in [0, 0.05) is 31.7 Å². The molecule has 1 aromatic rings. The Bertz CT molecular complexity index is 974. The first-order chi connectivity index (χ1) is 15.2. The average molecular weight is 494 g/mol. The fourth-order valence-electron chi connectivity index (χ4n) is 2.40. The number of rotatable bonds is 7. The van der Waals surface area contributed by atoms with Gasteiger partial charge in [0.2, 0.25) is 5.91 Å². The first kappa shape index (κ1) is 28.0. The quantitative estimate of drug-likeness (QED) is 0.243. The summed E-state index contributed by atoms with van der Waals surface area (Å²) in [6.45, 7) is 17.3. The van der Waals surface area contributed by atoms with Gasteiger partial charge in [0.15, 0.2) is 0 Å². The van der Waals surface area contributed by atoms with Gasteiger partial charge in [-0.3, -0.25) is 14.6 Å². The number of hydroxylamine groups is 1. The van der Waals surface area contributed by atoms with Crippen molar-refractivity contribution < 1.29 is 9.63 Å². The van der Waals surface area contributed by atoms with Gasteiger partial charge in [-0.2, -0.15) is 0 Å². The van der Waals surface area contributed by atoms with Crippen LogP contribution in [0, 0.1) is 5.92 Å². The van der Waals surface area contributed by atoms with Crippen molar-refractivity contribution in [2.24, 2.45) is 10.9 Å². The van der Waals surface area contributed by atoms with Crippen molar-refractivity contribution in [2.45, 2.75) is 39.5 Å². The molecule has 1 aliphatic heterocycles. The zero-order valence-electron chi connectivity index (χ0n) is 19.2. The Morgan fingerprint density at radius 1 is 1.28 bits per heavy atom. The third-order valence-electron chi connectivity index (χ3n) is 4.32. The number of hydrogen-bond acceptors (Lipinski definition) is 4. The molecule has 0 saturated heterocycles. The Hall–Kier alpha value is -2.05. The second-order valence-corrected chi connectivity index (χ2v) is 9.08. The SMILES string of the molecule is C=C/C(C1=NC(C)=C(C)Sc2ccccc21)=C(Cl)\C=C(/C)Cl.C=CC(C)C(=O)NOCC. The summed E-state index contributed by atoms with van der Waals surface area (Å²) >= 11 is 14.1. The van der Waals surface area contributed by atoms with Crippen LogP contribution in [0.25, 0.3) is 0 Å². The molecule has 1 N–H and O–H groups in total. The van der Waals surface area contributed by atoms with Crippen LogP contribution in [0.1, 0.15) is 40.2 Å². The number of allylic oxidation sites excluding steroid dienone is 7. The van der Waals surface area contributed by atoms with E-state index in [1.807, 2.05) is 19.1 Å². The fourth-order valence-corrected chi connectivity index (χ4v) is 3.84. The summed E-state index contributed by atoms with van der Waals surface area (Å²) in [5.74, 6) is -0.344. The molecule has 1 amide bonds. The molecule has 1 aromatic carbocycles. The number of nitrogens with zero attached hydrogens (tertiary/aromatic N) is 1. The highest BCUT2D eigenvalue weighted by Crippen LogP contribution is 2.37. The van der Waals surface area contributed by atoms with Crippen molar-refractivity contribution in [3.8, 4) is 0 Å². The normalized spacial score (nSPS) is 15.2. The summed E-state index contributed by atoms with van der Waals surface area (Å²) in [5.41, 5.74) is 5.91. The molecule has 172 valence electrons. The van der Waals surface area contributed by atoms with E-state index in [1.54, 1.807) is 50.8 Å². The lowest BCUT2D eigenvalue weighted by Gasteiger charge is -2.11. The highest BCUT2D eigenvalue weighted by Gasteiger charge is 2.19. The number of aliphatic imine (C=N–C) groups is 1. The summed E-state index contributed by atoms with van der Waals surface area (Å²) in [6, 6.07) is 8.17. The molecule has 1 atom stereocenters. The maximum Gasteiger partial charge on any atom is 0.250 e. The number of hydrogen-bond donors (Lipinski definition) is 1. The molecule has 0 radical (unpaired) electrons. The second kappa shape index (κ2) is 14.2. The molecule has 0 aliphatic carbocycles. The summed E-state index contributed by atoms with van der Waals surface area (Å²) in [5, 5.41) is 1.15. The summed E-state index contributed by atoms with van der Waals surface area (Å²) in [6.07, 6.45) is 5.01. The maximum absolute atomic E-state index is 10.8. The molecule has 0 aromatic heterocycles. The first-order valence-electron chi connectivity index (χ1n) is 10.1. The number of halogens is 2. The van der Waals surface area contributed by atoms with Gasteiger partial charge in [0.25, 0.3) is 0 Å². The number of amides is 1. The Morgan fingerprint density at radius 2 is 1.94 bits per heavy atom. The van der Waals surface area contributed by atoms with E-state index in [2.05, 4.69) is 42.5 Å². The molecular formula is C25H30Cl2N2O2S. The lowest BCUT2D eigenvalue weighted by Crippen LogP contribution is -2.28. The minimum absolute atomic E-state index is 0.156. The van der Waals surface area contributed by atoms with Crippen LogP contribution in [0.3, 0.4) is 0 Å². The molecule has 7 heteroatoms. The number of carbonyl (C=O) groups is 1. The van der Waals surface area contributed by atoms with Crippen LogP contribution in [0.5, 0.6) is 0 Å². The van der Waals surface area contributed by atoms with E-state index < -0.39 is 0 Å². The van der Waals surface area contributed by atoms with Crippen molar-refractivity contribution in [1.29, 1.82) is 0 Å². The molecule has 0 fully saturated rings. The second-order valence-electron chi connectivity index (χ2n) is 6.82. The van der Waals surface area contributed by atoms with Crippen LogP contribution in [-0.4, -0.2) is 18.2 Å². The first-order valence-corrected chi connectivity index (χ1v) is 11.7. The third kappa shape index (κ3) is 8.47. The monoisotopic (exact) mass is 492 g/mol. The Balaban J connectivity index is 0.000000433. The topological polar surface area (TPSA) is 50.7 Å². The molecule has 0 bridgehead atoms. The number of carbonyl (C=O) groups excluding carboxylic acids is 1. The van der Waals surface area contributed by atoms with Crippen LogP contribution in [0.15, 0.2) is 91.8 Å². The highest BCUT2D eigenvalue weighted by molar-refractivity contribution is 8.03. The Labute approximate surface area is 205 Å². The average Bonchev–Trinajstić information content (AvgIpc) is 2.88. The fraction of sp³-hybridized carbons (Fsp3) is 0.280. The van der Waals surface area contributed by atoms with Gasteiger partial charge in [0.05, 0.1) is 23.3 Å². The van der Waals surface area contributed by atoms with Gasteiger partial charge in [-0.15, -0.1) is 6.58 Å². The van der Waals surface area contributed by atoms with E-state index in [9.17, 15) is 4.79 Å². The maximum atomic E-state index is 10.8. The Kier molecular flexibility index (Phi) is 12.4. The summed E-state index contributed by atoms with van der Waals surface area (Å²) in [4.78, 5) is 22.6. The summed E-state index contributed by atoms with van der Waals surface area (Å²) in [7, 11) is 0. The third-order valence-corrected chi connectivity index (χ3v) is 5.92. The predicted molar refractivity (Wildman–Crippen MR) is 139 cm³/mol. The lowest BCUT2D eigenvalue weighted by atomic mass is 10.0. The van der Waals surface area contributed by atoms with Crippen molar-refractivity contribution in [2.75, 3.05) is 6.61 Å².